The summed E-state index contributed by atoms with van der Waals surface area (Å²) in [6, 6.07) is 4.05. The molecule has 17 heavy (non-hydrogen) atoms. The van der Waals surface area contributed by atoms with Crippen LogP contribution in [0.1, 0.15) is 31.6 Å². The van der Waals surface area contributed by atoms with Gasteiger partial charge in [0, 0.05) is 4.88 Å². The molecule has 1 aromatic rings. The highest BCUT2D eigenvalue weighted by molar-refractivity contribution is 14.1. The quantitative estimate of drug-likeness (QED) is 0.491. The van der Waals surface area contributed by atoms with Crippen LogP contribution >= 0.6 is 33.9 Å². The zero-order valence-electron chi connectivity index (χ0n) is 9.84. The number of rotatable bonds is 4. The van der Waals surface area contributed by atoms with Gasteiger partial charge in [-0.25, -0.2) is 0 Å². The van der Waals surface area contributed by atoms with Gasteiger partial charge in [0.1, 0.15) is 5.54 Å². The summed E-state index contributed by atoms with van der Waals surface area (Å²) in [5.41, 5.74) is -0.653. The van der Waals surface area contributed by atoms with E-state index in [1.54, 1.807) is 25.2 Å². The van der Waals surface area contributed by atoms with Crippen molar-refractivity contribution >= 4 is 45.5 Å². The first-order valence-corrected chi connectivity index (χ1v) is 7.46. The smallest absolute Gasteiger partial charge is 0.160 e. The molecule has 92 valence electrons. The molecule has 1 heterocycles. The molecule has 0 spiro atoms. The van der Waals surface area contributed by atoms with Crippen LogP contribution < -0.4 is 5.32 Å². The summed E-state index contributed by atoms with van der Waals surface area (Å²) in [6.45, 7) is 3.32. The second kappa shape index (κ2) is 4.68. The Bertz CT molecular complexity index is 467. The predicted molar refractivity (Wildman–Crippen MR) is 78.7 cm³/mol. The van der Waals surface area contributed by atoms with Crippen molar-refractivity contribution in [2.75, 3.05) is 0 Å². The molecule has 5 heteroatoms. The van der Waals surface area contributed by atoms with Crippen molar-refractivity contribution in [3.63, 3.8) is 0 Å². The van der Waals surface area contributed by atoms with E-state index < -0.39 is 5.54 Å². The number of hydrogen-bond donors (Lipinski definition) is 2. The number of carbonyl (C=O) groups excluding carboxylic acids is 1. The van der Waals surface area contributed by atoms with Crippen LogP contribution in [0.4, 0.5) is 0 Å². The number of ketones is 1. The molecular formula is C12H15IN2OS. The van der Waals surface area contributed by atoms with Crippen LogP contribution in [0.5, 0.6) is 0 Å². The number of Topliss-reactive ketones (excluding diaryl/α,β-unsaturated/α-hetero) is 1. The Balaban J connectivity index is 2.47. The van der Waals surface area contributed by atoms with Gasteiger partial charge in [-0.3, -0.25) is 10.2 Å². The molecule has 0 aliphatic heterocycles. The Hall–Kier alpha value is -0.430. The van der Waals surface area contributed by atoms with Crippen molar-refractivity contribution in [2.45, 2.75) is 32.2 Å². The highest BCUT2D eigenvalue weighted by Crippen LogP contribution is 2.48. The molecule has 0 bridgehead atoms. The average molecular weight is 362 g/mol. The fourth-order valence-corrected chi connectivity index (χ4v) is 4.15. The lowest BCUT2D eigenvalue weighted by Gasteiger charge is -2.32. The summed E-state index contributed by atoms with van der Waals surface area (Å²) >= 11 is 3.91. The monoisotopic (exact) mass is 362 g/mol. The third-order valence-corrected chi connectivity index (χ3v) is 5.12. The number of halogens is 1. The minimum absolute atomic E-state index is 0.116. The molecule has 0 amide bonds. The van der Waals surface area contributed by atoms with E-state index in [4.69, 9.17) is 5.41 Å². The minimum atomic E-state index is -0.653. The lowest BCUT2D eigenvalue weighted by Crippen LogP contribution is -2.51. The van der Waals surface area contributed by atoms with Crippen molar-refractivity contribution in [1.29, 1.82) is 5.41 Å². The van der Waals surface area contributed by atoms with Gasteiger partial charge in [0.15, 0.2) is 5.78 Å². The molecule has 1 saturated carbocycles. The van der Waals surface area contributed by atoms with E-state index >= 15 is 0 Å². The zero-order chi connectivity index (χ0) is 12.6. The number of amidine groups is 1. The van der Waals surface area contributed by atoms with Gasteiger partial charge >= 0.3 is 0 Å². The number of carbonyl (C=O) groups is 1. The fourth-order valence-electron chi connectivity index (χ4n) is 2.25. The van der Waals surface area contributed by atoms with Crippen molar-refractivity contribution in [1.82, 2.24) is 5.32 Å². The number of thiophene rings is 1. The maximum absolute atomic E-state index is 12.1. The highest BCUT2D eigenvalue weighted by Gasteiger charge is 2.51. The summed E-state index contributed by atoms with van der Waals surface area (Å²) in [6.07, 6.45) is 2.13. The lowest BCUT2D eigenvalue weighted by atomic mass is 9.87. The molecule has 1 unspecified atom stereocenters. The van der Waals surface area contributed by atoms with E-state index in [9.17, 15) is 4.79 Å². The molecule has 1 aliphatic rings. The van der Waals surface area contributed by atoms with Crippen LogP contribution in [0.2, 0.25) is 0 Å². The Morgan fingerprint density at radius 1 is 1.53 bits per heavy atom. The topological polar surface area (TPSA) is 53.0 Å². The third-order valence-electron chi connectivity index (χ3n) is 3.09. The van der Waals surface area contributed by atoms with Gasteiger partial charge in [-0.15, -0.1) is 11.3 Å². The predicted octanol–water partition coefficient (Wildman–Crippen LogP) is 3.13. The van der Waals surface area contributed by atoms with Crippen LogP contribution in [-0.4, -0.2) is 11.6 Å². The summed E-state index contributed by atoms with van der Waals surface area (Å²) in [7, 11) is 0. The second-order valence-corrected chi connectivity index (χ2v) is 7.47. The molecule has 3 nitrogen and oxygen atoms in total. The Labute approximate surface area is 119 Å². The van der Waals surface area contributed by atoms with Crippen LogP contribution in [0.3, 0.4) is 0 Å². The van der Waals surface area contributed by atoms with Crippen molar-refractivity contribution in [3.8, 4) is 0 Å². The largest absolute Gasteiger partial charge is 0.357 e. The van der Waals surface area contributed by atoms with Gasteiger partial charge in [-0.2, -0.15) is 0 Å². The Morgan fingerprint density at radius 3 is 2.53 bits per heavy atom. The normalized spacial score (nSPS) is 18.5. The van der Waals surface area contributed by atoms with Crippen molar-refractivity contribution in [2.24, 2.45) is 5.92 Å². The molecule has 2 rings (SSSR count). The fraction of sp³-hybridized carbons (Fsp3) is 0.500. The van der Waals surface area contributed by atoms with Crippen LogP contribution in [-0.2, 0) is 10.3 Å². The van der Waals surface area contributed by atoms with E-state index in [-0.39, 0.29) is 5.78 Å². The first-order valence-electron chi connectivity index (χ1n) is 5.57. The molecule has 2 N–H and O–H groups in total. The SMILES string of the molecule is CC(=N)NC(C(C)=O)(c1ccc(I)s1)C1CC1. The molecule has 0 aromatic carbocycles. The van der Waals surface area contributed by atoms with Crippen LogP contribution in [0.25, 0.3) is 0 Å². The molecule has 1 atom stereocenters. The van der Waals surface area contributed by atoms with E-state index in [1.807, 2.05) is 12.1 Å². The summed E-state index contributed by atoms with van der Waals surface area (Å²) in [4.78, 5) is 13.2. The molecular weight excluding hydrogens is 347 g/mol. The number of nitrogens with one attached hydrogen (secondary N) is 2. The van der Waals surface area contributed by atoms with Crippen LogP contribution in [0, 0.1) is 14.2 Å². The van der Waals surface area contributed by atoms with Gasteiger partial charge in [-0.05, 0) is 67.3 Å². The number of hydrogen-bond acceptors (Lipinski definition) is 3. The maximum atomic E-state index is 12.1. The van der Waals surface area contributed by atoms with Crippen molar-refractivity contribution < 1.29 is 4.79 Å². The average Bonchev–Trinajstić information content (AvgIpc) is 2.97. The molecule has 1 fully saturated rings. The minimum Gasteiger partial charge on any atom is -0.357 e. The Kier molecular flexibility index (Phi) is 3.58. The van der Waals surface area contributed by atoms with Gasteiger partial charge < -0.3 is 5.32 Å². The van der Waals surface area contributed by atoms with Gasteiger partial charge in [0.2, 0.25) is 0 Å². The summed E-state index contributed by atoms with van der Waals surface area (Å²) in [5.74, 6) is 0.815. The molecule has 0 saturated heterocycles. The van der Waals surface area contributed by atoms with Crippen molar-refractivity contribution in [3.05, 3.63) is 19.9 Å². The highest BCUT2D eigenvalue weighted by atomic mass is 127. The van der Waals surface area contributed by atoms with E-state index in [0.29, 0.717) is 11.8 Å². The molecule has 1 aliphatic carbocycles. The van der Waals surface area contributed by atoms with Gasteiger partial charge in [0.25, 0.3) is 0 Å². The zero-order valence-corrected chi connectivity index (χ0v) is 12.8. The van der Waals surface area contributed by atoms with E-state index in [0.717, 1.165) is 17.7 Å². The first kappa shape index (κ1) is 13.0. The molecule has 1 aromatic heterocycles. The standard InChI is InChI=1S/C12H15IN2OS/c1-7(16)12(9-3-4-9,15-8(2)14)10-5-6-11(13)17-10/h5-6,9H,3-4H2,1-2H3,(H2,14,15). The van der Waals surface area contributed by atoms with Gasteiger partial charge in [-0.1, -0.05) is 0 Å². The maximum Gasteiger partial charge on any atom is 0.160 e. The lowest BCUT2D eigenvalue weighted by molar-refractivity contribution is -0.123. The Morgan fingerprint density at radius 2 is 2.18 bits per heavy atom. The second-order valence-electron chi connectivity index (χ2n) is 4.49. The summed E-state index contributed by atoms with van der Waals surface area (Å²) < 4.78 is 1.17. The van der Waals surface area contributed by atoms with Gasteiger partial charge in [0.05, 0.1) is 8.72 Å². The molecule has 0 radical (unpaired) electrons. The van der Waals surface area contributed by atoms with Crippen LogP contribution in [0.15, 0.2) is 12.1 Å². The third kappa shape index (κ3) is 2.40. The van der Waals surface area contributed by atoms with E-state index in [1.165, 1.54) is 2.88 Å². The first-order chi connectivity index (χ1) is 7.96. The summed E-state index contributed by atoms with van der Waals surface area (Å²) in [5, 5.41) is 10.8. The van der Waals surface area contributed by atoms with E-state index in [2.05, 4.69) is 27.9 Å².